The van der Waals surface area contributed by atoms with Crippen LogP contribution in [0, 0.1) is 0 Å². The molecule has 0 unspecified atom stereocenters. The molecule has 0 saturated carbocycles. The van der Waals surface area contributed by atoms with Gasteiger partial charge in [-0.15, -0.1) is 0 Å². The lowest BCUT2D eigenvalue weighted by molar-refractivity contribution is 0.175. The number of phenolic OH excluding ortho intramolecular Hbond substituents is 1. The van der Waals surface area contributed by atoms with Gasteiger partial charge in [-0.25, -0.2) is 8.42 Å². The van der Waals surface area contributed by atoms with Crippen LogP contribution in [0.1, 0.15) is 12.5 Å². The van der Waals surface area contributed by atoms with E-state index < -0.39 is 9.84 Å². The molecule has 0 spiro atoms. The average molecular weight is 240 g/mol. The molecule has 0 saturated heterocycles. The van der Waals surface area contributed by atoms with Crippen molar-refractivity contribution in [3.05, 3.63) is 28.7 Å². The Hall–Kier alpha value is -1.33. The fraction of sp³-hybridized carbons (Fsp3) is 0.273. The molecule has 0 bridgehead atoms. The largest absolute Gasteiger partial charge is 0.508 e. The summed E-state index contributed by atoms with van der Waals surface area (Å²) in [5, 5.41) is 9.27. The monoisotopic (exact) mass is 240 g/mol. The van der Waals surface area contributed by atoms with Crippen molar-refractivity contribution in [3.8, 4) is 5.75 Å². The van der Waals surface area contributed by atoms with Crippen LogP contribution in [0.5, 0.6) is 5.75 Å². The van der Waals surface area contributed by atoms with Crippen LogP contribution in [0.15, 0.2) is 28.0 Å². The maximum absolute atomic E-state index is 12.0. The highest BCUT2D eigenvalue weighted by Gasteiger charge is 2.29. The van der Waals surface area contributed by atoms with E-state index in [0.717, 1.165) is 0 Å². The van der Waals surface area contributed by atoms with Crippen LogP contribution in [0.2, 0.25) is 0 Å². The van der Waals surface area contributed by atoms with Crippen molar-refractivity contribution in [2.45, 2.75) is 11.8 Å². The molecule has 1 heterocycles. The zero-order chi connectivity index (χ0) is 11.8. The van der Waals surface area contributed by atoms with E-state index in [-0.39, 0.29) is 22.2 Å². The smallest absolute Gasteiger partial charge is 0.205 e. The van der Waals surface area contributed by atoms with Gasteiger partial charge in [-0.2, -0.15) is 0 Å². The molecular weight excluding hydrogens is 228 g/mol. The fourth-order valence-corrected chi connectivity index (χ4v) is 3.11. The van der Waals surface area contributed by atoms with Gasteiger partial charge in [0, 0.05) is 6.61 Å². The summed E-state index contributed by atoms with van der Waals surface area (Å²) in [4.78, 5) is 0.400. The molecule has 4 nitrogen and oxygen atoms in total. The summed E-state index contributed by atoms with van der Waals surface area (Å²) in [6.07, 6.45) is 1.58. The standard InChI is InChI=1S/C11H12O4S/c1-2-15-7-10-5-8-3-4-9(12)6-11(8)16(10,13)14/h3-6,12H,2,7H2,1H3. The highest BCUT2D eigenvalue weighted by molar-refractivity contribution is 7.95. The summed E-state index contributed by atoms with van der Waals surface area (Å²) >= 11 is 0. The number of hydrogen-bond donors (Lipinski definition) is 1. The third-order valence-electron chi connectivity index (χ3n) is 2.40. The van der Waals surface area contributed by atoms with Gasteiger partial charge in [-0.3, -0.25) is 0 Å². The molecule has 0 atom stereocenters. The van der Waals surface area contributed by atoms with Gasteiger partial charge in [0.25, 0.3) is 0 Å². The number of aromatic hydroxyl groups is 1. The Morgan fingerprint density at radius 2 is 2.12 bits per heavy atom. The molecule has 0 radical (unpaired) electrons. The molecule has 1 aromatic rings. The number of ether oxygens (including phenoxy) is 1. The van der Waals surface area contributed by atoms with E-state index in [1.54, 1.807) is 19.1 Å². The Kier molecular flexibility index (Phi) is 2.73. The molecule has 86 valence electrons. The molecule has 0 aromatic heterocycles. The van der Waals surface area contributed by atoms with Gasteiger partial charge >= 0.3 is 0 Å². The quantitative estimate of drug-likeness (QED) is 0.870. The molecule has 1 N–H and O–H groups in total. The Balaban J connectivity index is 2.44. The van der Waals surface area contributed by atoms with E-state index in [9.17, 15) is 13.5 Å². The first-order chi connectivity index (χ1) is 7.55. The molecule has 0 fully saturated rings. The van der Waals surface area contributed by atoms with Crippen LogP contribution in [0.25, 0.3) is 6.08 Å². The zero-order valence-corrected chi connectivity index (χ0v) is 9.62. The summed E-state index contributed by atoms with van der Waals surface area (Å²) in [7, 11) is -3.47. The van der Waals surface area contributed by atoms with E-state index >= 15 is 0 Å². The third-order valence-corrected chi connectivity index (χ3v) is 4.26. The molecule has 2 rings (SSSR count). The zero-order valence-electron chi connectivity index (χ0n) is 8.80. The first kappa shape index (κ1) is 11.2. The molecule has 1 aliphatic rings. The Labute approximate surface area is 94.1 Å². The van der Waals surface area contributed by atoms with E-state index in [1.807, 2.05) is 0 Å². The lowest BCUT2D eigenvalue weighted by Crippen LogP contribution is -2.06. The second-order valence-corrected chi connectivity index (χ2v) is 5.44. The van der Waals surface area contributed by atoms with Gasteiger partial charge in [-0.1, -0.05) is 0 Å². The Morgan fingerprint density at radius 1 is 1.38 bits per heavy atom. The Morgan fingerprint density at radius 3 is 2.81 bits per heavy atom. The van der Waals surface area contributed by atoms with Crippen molar-refractivity contribution < 1.29 is 18.3 Å². The number of rotatable bonds is 3. The molecule has 1 aliphatic heterocycles. The lowest BCUT2D eigenvalue weighted by atomic mass is 10.2. The summed E-state index contributed by atoms with van der Waals surface area (Å²) < 4.78 is 29.1. The van der Waals surface area contributed by atoms with Gasteiger partial charge in [0.1, 0.15) is 5.75 Å². The van der Waals surface area contributed by atoms with Crippen molar-refractivity contribution in [1.82, 2.24) is 0 Å². The van der Waals surface area contributed by atoms with E-state index in [1.165, 1.54) is 12.1 Å². The number of benzene rings is 1. The van der Waals surface area contributed by atoms with Gasteiger partial charge < -0.3 is 9.84 Å². The van der Waals surface area contributed by atoms with E-state index in [2.05, 4.69) is 0 Å². The summed E-state index contributed by atoms with van der Waals surface area (Å²) in [5.74, 6) is -0.0478. The summed E-state index contributed by atoms with van der Waals surface area (Å²) in [6.45, 7) is 2.35. The van der Waals surface area contributed by atoms with E-state index in [4.69, 9.17) is 4.74 Å². The molecule has 0 aliphatic carbocycles. The minimum atomic E-state index is -3.47. The van der Waals surface area contributed by atoms with Crippen molar-refractivity contribution >= 4 is 15.9 Å². The van der Waals surface area contributed by atoms with Gasteiger partial charge in [0.05, 0.1) is 16.4 Å². The first-order valence-electron chi connectivity index (χ1n) is 4.92. The maximum Gasteiger partial charge on any atom is 0.205 e. The van der Waals surface area contributed by atoms with Crippen molar-refractivity contribution in [2.75, 3.05) is 13.2 Å². The lowest BCUT2D eigenvalue weighted by Gasteiger charge is -2.03. The first-order valence-corrected chi connectivity index (χ1v) is 6.40. The van der Waals surface area contributed by atoms with Crippen molar-refractivity contribution in [2.24, 2.45) is 0 Å². The van der Waals surface area contributed by atoms with Gasteiger partial charge in [-0.05, 0) is 36.8 Å². The van der Waals surface area contributed by atoms with Crippen LogP contribution >= 0.6 is 0 Å². The molecule has 0 amide bonds. The highest BCUT2D eigenvalue weighted by atomic mass is 32.2. The van der Waals surface area contributed by atoms with E-state index in [0.29, 0.717) is 12.2 Å². The Bertz CT molecular complexity index is 543. The summed E-state index contributed by atoms with van der Waals surface area (Å²) in [5.41, 5.74) is 0.604. The van der Waals surface area contributed by atoms with Crippen LogP contribution in [-0.4, -0.2) is 26.7 Å². The highest BCUT2D eigenvalue weighted by Crippen LogP contribution is 2.34. The number of fused-ring (bicyclic) bond motifs is 1. The van der Waals surface area contributed by atoms with Crippen LogP contribution < -0.4 is 0 Å². The number of hydrogen-bond acceptors (Lipinski definition) is 4. The average Bonchev–Trinajstić information content (AvgIpc) is 2.48. The minimum absolute atomic E-state index is 0.0478. The van der Waals surface area contributed by atoms with Crippen molar-refractivity contribution in [1.29, 1.82) is 0 Å². The summed E-state index contributed by atoms with van der Waals surface area (Å²) in [6, 6.07) is 4.32. The van der Waals surface area contributed by atoms with Gasteiger partial charge in [0.2, 0.25) is 9.84 Å². The van der Waals surface area contributed by atoms with Crippen LogP contribution in [0.3, 0.4) is 0 Å². The van der Waals surface area contributed by atoms with Crippen LogP contribution in [-0.2, 0) is 14.6 Å². The van der Waals surface area contributed by atoms with Gasteiger partial charge in [0.15, 0.2) is 0 Å². The molecular formula is C11H12O4S. The fourth-order valence-electron chi connectivity index (χ4n) is 1.59. The number of phenols is 1. The second kappa shape index (κ2) is 3.92. The third kappa shape index (κ3) is 1.72. The predicted molar refractivity (Wildman–Crippen MR) is 59.8 cm³/mol. The molecule has 16 heavy (non-hydrogen) atoms. The number of sulfone groups is 1. The second-order valence-electron chi connectivity index (χ2n) is 3.47. The topological polar surface area (TPSA) is 63.6 Å². The molecule has 1 aromatic carbocycles. The van der Waals surface area contributed by atoms with Crippen LogP contribution in [0.4, 0.5) is 0 Å². The molecule has 5 heteroatoms. The minimum Gasteiger partial charge on any atom is -0.508 e. The maximum atomic E-state index is 12.0. The van der Waals surface area contributed by atoms with Crippen molar-refractivity contribution in [3.63, 3.8) is 0 Å². The predicted octanol–water partition coefficient (Wildman–Crippen LogP) is 1.56. The normalized spacial score (nSPS) is 16.9. The SMILES string of the molecule is CCOCC1=Cc2ccc(O)cc2S1(=O)=O.